The van der Waals surface area contributed by atoms with Crippen molar-refractivity contribution in [3.63, 3.8) is 0 Å². The lowest BCUT2D eigenvalue weighted by Crippen LogP contribution is -2.18. The zero-order valence-electron chi connectivity index (χ0n) is 8.93. The lowest BCUT2D eigenvalue weighted by atomic mass is 9.96. The SMILES string of the molecule is NC(CC(=O)O)c1cccc(C2CSC2)c1. The lowest BCUT2D eigenvalue weighted by molar-refractivity contribution is -0.137. The number of nitrogens with two attached hydrogens (primary N) is 1. The molecule has 0 radical (unpaired) electrons. The van der Waals surface area contributed by atoms with Crippen molar-refractivity contribution in [2.45, 2.75) is 18.4 Å². The second-order valence-corrected chi connectivity index (χ2v) is 5.18. The fourth-order valence-corrected chi connectivity index (χ4v) is 2.63. The molecule has 3 nitrogen and oxygen atoms in total. The Kier molecular flexibility index (Phi) is 3.51. The third-order valence-corrected chi connectivity index (χ3v) is 4.12. The molecule has 1 fully saturated rings. The maximum absolute atomic E-state index is 10.6. The van der Waals surface area contributed by atoms with Gasteiger partial charge in [-0.15, -0.1) is 0 Å². The normalized spacial score (nSPS) is 17.8. The minimum absolute atomic E-state index is 0.0110. The van der Waals surface area contributed by atoms with Crippen molar-refractivity contribution >= 4 is 17.7 Å². The van der Waals surface area contributed by atoms with Crippen LogP contribution in [0.5, 0.6) is 0 Å². The summed E-state index contributed by atoms with van der Waals surface area (Å²) in [5.41, 5.74) is 8.05. The molecule has 86 valence electrons. The molecule has 1 heterocycles. The smallest absolute Gasteiger partial charge is 0.305 e. The fraction of sp³-hybridized carbons (Fsp3) is 0.417. The van der Waals surface area contributed by atoms with Gasteiger partial charge in [-0.3, -0.25) is 4.79 Å². The Bertz CT molecular complexity index is 390. The molecule has 0 aliphatic carbocycles. The maximum Gasteiger partial charge on any atom is 0.305 e. The van der Waals surface area contributed by atoms with Crippen LogP contribution in [0.25, 0.3) is 0 Å². The summed E-state index contributed by atoms with van der Waals surface area (Å²) in [5.74, 6) is 2.11. The van der Waals surface area contributed by atoms with Crippen LogP contribution in [0, 0.1) is 0 Å². The quantitative estimate of drug-likeness (QED) is 0.840. The molecule has 1 unspecified atom stereocenters. The van der Waals surface area contributed by atoms with Gasteiger partial charge in [0.25, 0.3) is 0 Å². The van der Waals surface area contributed by atoms with Crippen LogP contribution >= 0.6 is 11.8 Å². The third kappa shape index (κ3) is 2.57. The Hall–Kier alpha value is -1.00. The average molecular weight is 237 g/mol. The van der Waals surface area contributed by atoms with Crippen LogP contribution in [0.4, 0.5) is 0 Å². The Balaban J connectivity index is 2.11. The number of benzene rings is 1. The molecule has 0 amide bonds. The van der Waals surface area contributed by atoms with E-state index in [-0.39, 0.29) is 6.42 Å². The van der Waals surface area contributed by atoms with Crippen molar-refractivity contribution in [2.75, 3.05) is 11.5 Å². The van der Waals surface area contributed by atoms with Gasteiger partial charge in [-0.2, -0.15) is 11.8 Å². The van der Waals surface area contributed by atoms with Crippen LogP contribution in [0.15, 0.2) is 24.3 Å². The average Bonchev–Trinajstić information content (AvgIpc) is 2.14. The van der Waals surface area contributed by atoms with E-state index in [9.17, 15) is 4.79 Å². The molecule has 0 aromatic heterocycles. The maximum atomic E-state index is 10.6. The number of hydrogen-bond acceptors (Lipinski definition) is 3. The van der Waals surface area contributed by atoms with E-state index in [0.29, 0.717) is 5.92 Å². The molecule has 1 aliphatic rings. The highest BCUT2D eigenvalue weighted by molar-refractivity contribution is 8.00. The van der Waals surface area contributed by atoms with Crippen molar-refractivity contribution in [3.05, 3.63) is 35.4 Å². The van der Waals surface area contributed by atoms with Crippen LogP contribution in [0.1, 0.15) is 29.5 Å². The van der Waals surface area contributed by atoms with Crippen LogP contribution in [0.2, 0.25) is 0 Å². The Morgan fingerprint density at radius 1 is 1.56 bits per heavy atom. The van der Waals surface area contributed by atoms with E-state index < -0.39 is 12.0 Å². The number of carboxylic acid groups (broad SMARTS) is 1. The summed E-state index contributed by atoms with van der Waals surface area (Å²) in [6.45, 7) is 0. The molecule has 0 saturated carbocycles. The molecule has 2 rings (SSSR count). The van der Waals surface area contributed by atoms with E-state index in [1.807, 2.05) is 23.9 Å². The van der Waals surface area contributed by atoms with Gasteiger partial charge in [0.15, 0.2) is 0 Å². The number of hydrogen-bond donors (Lipinski definition) is 2. The van der Waals surface area contributed by atoms with E-state index in [2.05, 4.69) is 12.1 Å². The third-order valence-electron chi connectivity index (χ3n) is 2.84. The largest absolute Gasteiger partial charge is 0.481 e. The molecule has 16 heavy (non-hydrogen) atoms. The molecule has 1 aromatic carbocycles. The van der Waals surface area contributed by atoms with Crippen LogP contribution in [0.3, 0.4) is 0 Å². The minimum Gasteiger partial charge on any atom is -0.481 e. The van der Waals surface area contributed by atoms with Crippen LogP contribution in [-0.2, 0) is 4.79 Å². The minimum atomic E-state index is -0.850. The number of thioether (sulfide) groups is 1. The Morgan fingerprint density at radius 2 is 2.31 bits per heavy atom. The summed E-state index contributed by atoms with van der Waals surface area (Å²) >= 11 is 1.94. The summed E-state index contributed by atoms with van der Waals surface area (Å²) < 4.78 is 0. The van der Waals surface area contributed by atoms with Gasteiger partial charge in [0.2, 0.25) is 0 Å². The molecule has 1 aliphatic heterocycles. The van der Waals surface area contributed by atoms with E-state index in [0.717, 1.165) is 17.1 Å². The summed E-state index contributed by atoms with van der Waals surface area (Å²) in [4.78, 5) is 10.6. The highest BCUT2D eigenvalue weighted by atomic mass is 32.2. The highest BCUT2D eigenvalue weighted by Gasteiger charge is 2.21. The summed E-state index contributed by atoms with van der Waals surface area (Å²) in [6, 6.07) is 7.63. The van der Waals surface area contributed by atoms with Crippen molar-refractivity contribution in [2.24, 2.45) is 5.73 Å². The summed E-state index contributed by atoms with van der Waals surface area (Å²) in [6.07, 6.45) is -0.0110. The molecule has 4 heteroatoms. The monoisotopic (exact) mass is 237 g/mol. The number of carbonyl (C=O) groups is 1. The fourth-order valence-electron chi connectivity index (χ4n) is 1.78. The van der Waals surface area contributed by atoms with E-state index in [1.165, 1.54) is 5.56 Å². The van der Waals surface area contributed by atoms with Gasteiger partial charge in [-0.1, -0.05) is 24.3 Å². The standard InChI is InChI=1S/C12H15NO2S/c13-11(5-12(14)15)9-3-1-2-8(4-9)10-6-16-7-10/h1-4,10-11H,5-7,13H2,(H,14,15). The first-order chi connectivity index (χ1) is 7.66. The lowest BCUT2D eigenvalue weighted by Gasteiger charge is -2.26. The van der Waals surface area contributed by atoms with Crippen LogP contribution in [-0.4, -0.2) is 22.6 Å². The van der Waals surface area contributed by atoms with E-state index in [1.54, 1.807) is 0 Å². The van der Waals surface area contributed by atoms with Gasteiger partial charge in [0.1, 0.15) is 0 Å². The van der Waals surface area contributed by atoms with Gasteiger partial charge in [0.05, 0.1) is 6.42 Å². The number of aliphatic carboxylic acids is 1. The second kappa shape index (κ2) is 4.89. The first kappa shape index (κ1) is 11.5. The van der Waals surface area contributed by atoms with Gasteiger partial charge >= 0.3 is 5.97 Å². The molecule has 1 saturated heterocycles. The molecule has 1 atom stereocenters. The van der Waals surface area contributed by atoms with Gasteiger partial charge < -0.3 is 10.8 Å². The molecular weight excluding hydrogens is 222 g/mol. The second-order valence-electron chi connectivity index (χ2n) is 4.11. The molecule has 3 N–H and O–H groups in total. The molecule has 1 aromatic rings. The first-order valence-electron chi connectivity index (χ1n) is 5.32. The van der Waals surface area contributed by atoms with Gasteiger partial charge in [0, 0.05) is 23.5 Å². The van der Waals surface area contributed by atoms with Crippen molar-refractivity contribution in [3.8, 4) is 0 Å². The summed E-state index contributed by atoms with van der Waals surface area (Å²) in [5, 5.41) is 8.70. The van der Waals surface area contributed by atoms with Crippen molar-refractivity contribution in [1.29, 1.82) is 0 Å². The zero-order chi connectivity index (χ0) is 11.5. The number of carboxylic acids is 1. The van der Waals surface area contributed by atoms with Gasteiger partial charge in [-0.05, 0) is 11.1 Å². The van der Waals surface area contributed by atoms with Crippen LogP contribution < -0.4 is 5.73 Å². The molecular formula is C12H15NO2S. The zero-order valence-corrected chi connectivity index (χ0v) is 9.74. The number of rotatable bonds is 4. The predicted molar refractivity (Wildman–Crippen MR) is 65.7 cm³/mol. The predicted octanol–water partition coefficient (Wildman–Crippen LogP) is 1.99. The Labute approximate surface area is 99.0 Å². The van der Waals surface area contributed by atoms with Crippen molar-refractivity contribution in [1.82, 2.24) is 0 Å². The van der Waals surface area contributed by atoms with E-state index >= 15 is 0 Å². The highest BCUT2D eigenvalue weighted by Crippen LogP contribution is 2.34. The van der Waals surface area contributed by atoms with Crippen molar-refractivity contribution < 1.29 is 9.90 Å². The van der Waals surface area contributed by atoms with E-state index in [4.69, 9.17) is 10.8 Å². The van der Waals surface area contributed by atoms with Gasteiger partial charge in [-0.25, -0.2) is 0 Å². The first-order valence-corrected chi connectivity index (χ1v) is 6.47. The molecule has 0 spiro atoms. The molecule has 0 bridgehead atoms. The summed E-state index contributed by atoms with van der Waals surface area (Å²) in [7, 11) is 0. The Morgan fingerprint density at radius 3 is 2.88 bits per heavy atom. The topological polar surface area (TPSA) is 63.3 Å².